The molecule has 0 aliphatic heterocycles. The molecule has 0 atom stereocenters. The van der Waals surface area contributed by atoms with E-state index in [-0.39, 0.29) is 11.1 Å². The van der Waals surface area contributed by atoms with Crippen LogP contribution in [-0.4, -0.2) is 18.5 Å². The van der Waals surface area contributed by atoms with Gasteiger partial charge in [0.2, 0.25) is 0 Å². The van der Waals surface area contributed by atoms with E-state index in [1.807, 2.05) is 6.92 Å². The van der Waals surface area contributed by atoms with Gasteiger partial charge in [-0.1, -0.05) is 49.9 Å². The summed E-state index contributed by atoms with van der Waals surface area (Å²) in [7, 11) is 0. The van der Waals surface area contributed by atoms with Crippen molar-refractivity contribution in [1.29, 1.82) is 0 Å². The molecule has 0 aromatic heterocycles. The standard InChI is InChI=1S/C21H23ClO4/c1-3-4-5-8-13-25-20(23)17-9-6-7-10-18(17)21(24)26-16-11-12-19(22)15(2)14-16/h6-7,9-12,14H,3-5,8,13H2,1-2H3. The Labute approximate surface area is 159 Å². The van der Waals surface area contributed by atoms with Crippen LogP contribution in [0.25, 0.3) is 0 Å². The molecule has 0 fully saturated rings. The minimum absolute atomic E-state index is 0.179. The van der Waals surface area contributed by atoms with Crippen LogP contribution in [0.3, 0.4) is 0 Å². The minimum atomic E-state index is -0.606. The zero-order valence-corrected chi connectivity index (χ0v) is 15.8. The van der Waals surface area contributed by atoms with Crippen LogP contribution >= 0.6 is 11.6 Å². The fraction of sp³-hybridized carbons (Fsp3) is 0.333. The van der Waals surface area contributed by atoms with Crippen LogP contribution in [-0.2, 0) is 4.74 Å². The van der Waals surface area contributed by atoms with Crippen LogP contribution in [0.1, 0.15) is 58.9 Å². The molecule has 2 rings (SSSR count). The summed E-state index contributed by atoms with van der Waals surface area (Å²) in [6.45, 7) is 4.29. The number of unbranched alkanes of at least 4 members (excludes halogenated alkanes) is 3. The number of aryl methyl sites for hydroxylation is 1. The maximum absolute atomic E-state index is 12.5. The molecule has 0 spiro atoms. The normalized spacial score (nSPS) is 10.4. The molecule has 2 aromatic rings. The molecular weight excluding hydrogens is 352 g/mol. The Bertz CT molecular complexity index is 770. The lowest BCUT2D eigenvalue weighted by atomic mass is 10.1. The molecule has 0 N–H and O–H groups in total. The molecule has 4 nitrogen and oxygen atoms in total. The summed E-state index contributed by atoms with van der Waals surface area (Å²) in [4.78, 5) is 24.8. The Morgan fingerprint density at radius 3 is 2.31 bits per heavy atom. The molecule has 0 aliphatic carbocycles. The topological polar surface area (TPSA) is 52.6 Å². The van der Waals surface area contributed by atoms with E-state index in [9.17, 15) is 9.59 Å². The van der Waals surface area contributed by atoms with Crippen molar-refractivity contribution in [2.45, 2.75) is 39.5 Å². The van der Waals surface area contributed by atoms with E-state index in [2.05, 4.69) is 6.92 Å². The van der Waals surface area contributed by atoms with Gasteiger partial charge in [-0.3, -0.25) is 0 Å². The van der Waals surface area contributed by atoms with Crippen LogP contribution in [0, 0.1) is 6.92 Å². The van der Waals surface area contributed by atoms with Crippen LogP contribution < -0.4 is 4.74 Å². The summed E-state index contributed by atoms with van der Waals surface area (Å²) in [5, 5.41) is 0.594. The number of carbonyl (C=O) groups excluding carboxylic acids is 2. The molecule has 2 aromatic carbocycles. The highest BCUT2D eigenvalue weighted by Crippen LogP contribution is 2.22. The third-order valence-electron chi connectivity index (χ3n) is 3.94. The van der Waals surface area contributed by atoms with Crippen LogP contribution in [0.15, 0.2) is 42.5 Å². The smallest absolute Gasteiger partial charge is 0.344 e. The quantitative estimate of drug-likeness (QED) is 0.342. The van der Waals surface area contributed by atoms with Crippen molar-refractivity contribution in [3.63, 3.8) is 0 Å². The van der Waals surface area contributed by atoms with Gasteiger partial charge in [0.15, 0.2) is 0 Å². The lowest BCUT2D eigenvalue weighted by Gasteiger charge is -2.10. The number of hydrogen-bond donors (Lipinski definition) is 0. The summed E-state index contributed by atoms with van der Waals surface area (Å²) in [5.41, 5.74) is 1.19. The molecule has 0 unspecified atom stereocenters. The second-order valence-corrected chi connectivity index (χ2v) is 6.45. The molecule has 0 aliphatic rings. The van der Waals surface area contributed by atoms with Crippen LogP contribution in [0.5, 0.6) is 5.75 Å². The van der Waals surface area contributed by atoms with Crippen molar-refractivity contribution in [1.82, 2.24) is 0 Å². The van der Waals surface area contributed by atoms with Gasteiger partial charge in [0.25, 0.3) is 0 Å². The Morgan fingerprint density at radius 2 is 1.65 bits per heavy atom. The second kappa shape index (κ2) is 9.97. The highest BCUT2D eigenvalue weighted by atomic mass is 35.5. The van der Waals surface area contributed by atoms with E-state index in [1.165, 1.54) is 0 Å². The van der Waals surface area contributed by atoms with Gasteiger partial charge < -0.3 is 9.47 Å². The molecular formula is C21H23ClO4. The van der Waals surface area contributed by atoms with Gasteiger partial charge in [-0.2, -0.15) is 0 Å². The monoisotopic (exact) mass is 374 g/mol. The van der Waals surface area contributed by atoms with Crippen LogP contribution in [0.2, 0.25) is 5.02 Å². The summed E-state index contributed by atoms with van der Waals surface area (Å²) in [6.07, 6.45) is 4.06. The van der Waals surface area contributed by atoms with E-state index in [4.69, 9.17) is 21.1 Å². The Balaban J connectivity index is 2.05. The summed E-state index contributed by atoms with van der Waals surface area (Å²) in [5.74, 6) is -0.744. The Kier molecular flexibility index (Phi) is 7.67. The van der Waals surface area contributed by atoms with Crippen molar-refractivity contribution in [2.75, 3.05) is 6.61 Å². The van der Waals surface area contributed by atoms with Gasteiger partial charge in [-0.25, -0.2) is 9.59 Å². The largest absolute Gasteiger partial charge is 0.462 e. The average molecular weight is 375 g/mol. The van der Waals surface area contributed by atoms with Crippen molar-refractivity contribution in [3.8, 4) is 5.75 Å². The number of carbonyl (C=O) groups is 2. The number of hydrogen-bond acceptors (Lipinski definition) is 4. The van der Waals surface area contributed by atoms with Gasteiger partial charge in [0, 0.05) is 5.02 Å². The first-order chi connectivity index (χ1) is 12.5. The van der Waals surface area contributed by atoms with Crippen LogP contribution in [0.4, 0.5) is 0 Å². The molecule has 0 saturated heterocycles. The number of esters is 2. The first-order valence-electron chi connectivity index (χ1n) is 8.77. The summed E-state index contributed by atoms with van der Waals surface area (Å²) in [6, 6.07) is 11.4. The molecule has 26 heavy (non-hydrogen) atoms. The highest BCUT2D eigenvalue weighted by molar-refractivity contribution is 6.31. The highest BCUT2D eigenvalue weighted by Gasteiger charge is 2.19. The maximum atomic E-state index is 12.5. The molecule has 0 saturated carbocycles. The van der Waals surface area contributed by atoms with E-state index in [0.29, 0.717) is 17.4 Å². The van der Waals surface area contributed by atoms with E-state index in [1.54, 1.807) is 42.5 Å². The summed E-state index contributed by atoms with van der Waals surface area (Å²) >= 11 is 5.98. The number of ether oxygens (including phenoxy) is 2. The van der Waals surface area contributed by atoms with Crippen molar-refractivity contribution < 1.29 is 19.1 Å². The predicted octanol–water partition coefficient (Wildman–Crippen LogP) is 5.60. The third kappa shape index (κ3) is 5.60. The first-order valence-corrected chi connectivity index (χ1v) is 9.15. The molecule has 0 amide bonds. The minimum Gasteiger partial charge on any atom is -0.462 e. The zero-order chi connectivity index (χ0) is 18.9. The van der Waals surface area contributed by atoms with E-state index in [0.717, 1.165) is 31.2 Å². The van der Waals surface area contributed by atoms with Gasteiger partial charge in [0.1, 0.15) is 5.75 Å². The zero-order valence-electron chi connectivity index (χ0n) is 15.1. The number of halogens is 1. The van der Waals surface area contributed by atoms with Crippen molar-refractivity contribution in [2.24, 2.45) is 0 Å². The van der Waals surface area contributed by atoms with Gasteiger partial charge >= 0.3 is 11.9 Å². The van der Waals surface area contributed by atoms with E-state index < -0.39 is 11.9 Å². The number of benzene rings is 2. The molecule has 0 bridgehead atoms. The molecule has 5 heteroatoms. The number of rotatable bonds is 8. The second-order valence-electron chi connectivity index (χ2n) is 6.04. The first kappa shape index (κ1) is 20.0. The molecule has 138 valence electrons. The maximum Gasteiger partial charge on any atom is 0.344 e. The van der Waals surface area contributed by atoms with Crippen molar-refractivity contribution in [3.05, 3.63) is 64.2 Å². The van der Waals surface area contributed by atoms with Gasteiger partial charge in [-0.15, -0.1) is 0 Å². The summed E-state index contributed by atoms with van der Waals surface area (Å²) < 4.78 is 10.7. The van der Waals surface area contributed by atoms with E-state index >= 15 is 0 Å². The fourth-order valence-corrected chi connectivity index (χ4v) is 2.57. The van der Waals surface area contributed by atoms with Gasteiger partial charge in [-0.05, 0) is 49.2 Å². The average Bonchev–Trinajstić information content (AvgIpc) is 2.64. The molecule has 0 radical (unpaired) electrons. The Morgan fingerprint density at radius 1 is 0.962 bits per heavy atom. The lowest BCUT2D eigenvalue weighted by molar-refractivity contribution is 0.0489. The SMILES string of the molecule is CCCCCCOC(=O)c1ccccc1C(=O)Oc1ccc(Cl)c(C)c1. The fourth-order valence-electron chi connectivity index (χ4n) is 2.45. The Hall–Kier alpha value is -2.33. The third-order valence-corrected chi connectivity index (χ3v) is 4.36. The van der Waals surface area contributed by atoms with Gasteiger partial charge in [0.05, 0.1) is 17.7 Å². The van der Waals surface area contributed by atoms with Crippen molar-refractivity contribution >= 4 is 23.5 Å². The lowest BCUT2D eigenvalue weighted by Crippen LogP contribution is -2.16. The molecule has 0 heterocycles. The predicted molar refractivity (Wildman–Crippen MR) is 102 cm³/mol.